The summed E-state index contributed by atoms with van der Waals surface area (Å²) in [4.78, 5) is 23.4. The lowest BCUT2D eigenvalue weighted by atomic mass is 10.2. The predicted octanol–water partition coefficient (Wildman–Crippen LogP) is 0.901. The van der Waals surface area contributed by atoms with Gasteiger partial charge in [-0.2, -0.15) is 0 Å². The number of carboxylic acid groups (broad SMARTS) is 1. The molecule has 5 heteroatoms. The molecule has 0 fully saturated rings. The normalized spacial score (nSPS) is 11.9. The van der Waals surface area contributed by atoms with E-state index in [9.17, 15) is 9.59 Å². The van der Waals surface area contributed by atoms with Gasteiger partial charge in [-0.1, -0.05) is 13.8 Å². The number of carbonyl (C=O) groups is 2. The van der Waals surface area contributed by atoms with Gasteiger partial charge >= 0.3 is 12.0 Å². The molecule has 0 rings (SSSR count). The molecule has 82 valence electrons. The van der Waals surface area contributed by atoms with Crippen LogP contribution in [0.1, 0.15) is 26.7 Å². The smallest absolute Gasteiger partial charge is 0.326 e. The topological polar surface area (TPSA) is 69.6 Å². The predicted molar refractivity (Wildman–Crippen MR) is 53.2 cm³/mol. The highest BCUT2D eigenvalue weighted by Crippen LogP contribution is 1.94. The molecule has 0 aliphatic carbocycles. The van der Waals surface area contributed by atoms with Crippen molar-refractivity contribution in [3.05, 3.63) is 0 Å². The monoisotopic (exact) mass is 202 g/mol. The van der Waals surface area contributed by atoms with E-state index < -0.39 is 12.0 Å². The average molecular weight is 202 g/mol. The first kappa shape index (κ1) is 12.7. The summed E-state index contributed by atoms with van der Waals surface area (Å²) in [7, 11) is 1.65. The van der Waals surface area contributed by atoms with E-state index in [1.54, 1.807) is 14.0 Å². The van der Waals surface area contributed by atoms with Crippen LogP contribution in [-0.2, 0) is 4.79 Å². The lowest BCUT2D eigenvalue weighted by molar-refractivity contribution is -0.139. The van der Waals surface area contributed by atoms with Gasteiger partial charge in [-0.15, -0.1) is 0 Å². The fourth-order valence-corrected chi connectivity index (χ4v) is 1.03. The van der Waals surface area contributed by atoms with E-state index in [1.165, 1.54) is 4.90 Å². The van der Waals surface area contributed by atoms with Gasteiger partial charge in [0, 0.05) is 13.6 Å². The zero-order chi connectivity index (χ0) is 11.1. The first-order valence-corrected chi connectivity index (χ1v) is 4.77. The third kappa shape index (κ3) is 4.11. The SMILES string of the molecule is CCCN(C)C(=O)NC(CC)C(=O)O. The van der Waals surface area contributed by atoms with Gasteiger partial charge in [0.1, 0.15) is 6.04 Å². The van der Waals surface area contributed by atoms with Crippen LogP contribution < -0.4 is 5.32 Å². The van der Waals surface area contributed by atoms with Gasteiger partial charge in [0.15, 0.2) is 0 Å². The van der Waals surface area contributed by atoms with Crippen LogP contribution in [-0.4, -0.2) is 41.6 Å². The quantitative estimate of drug-likeness (QED) is 0.696. The number of hydrogen-bond acceptors (Lipinski definition) is 2. The molecule has 2 N–H and O–H groups in total. The summed E-state index contributed by atoms with van der Waals surface area (Å²) >= 11 is 0. The third-order valence-electron chi connectivity index (χ3n) is 1.91. The molecule has 0 aromatic rings. The summed E-state index contributed by atoms with van der Waals surface area (Å²) in [6, 6.07) is -1.12. The first-order valence-electron chi connectivity index (χ1n) is 4.77. The molecule has 0 aromatic carbocycles. The minimum atomic E-state index is -0.995. The van der Waals surface area contributed by atoms with Gasteiger partial charge < -0.3 is 15.3 Å². The zero-order valence-corrected chi connectivity index (χ0v) is 8.91. The highest BCUT2D eigenvalue weighted by molar-refractivity contribution is 5.82. The molecular weight excluding hydrogens is 184 g/mol. The maximum atomic E-state index is 11.4. The van der Waals surface area contributed by atoms with Gasteiger partial charge in [-0.25, -0.2) is 9.59 Å². The standard InChI is InChI=1S/C9H18N2O3/c1-4-6-11(3)9(14)10-7(5-2)8(12)13/h7H,4-6H2,1-3H3,(H,10,14)(H,12,13). The van der Waals surface area contributed by atoms with E-state index in [0.717, 1.165) is 6.42 Å². The van der Waals surface area contributed by atoms with E-state index >= 15 is 0 Å². The molecule has 0 radical (unpaired) electrons. The maximum Gasteiger partial charge on any atom is 0.326 e. The second kappa shape index (κ2) is 6.23. The summed E-state index contributed by atoms with van der Waals surface area (Å²) in [6.45, 7) is 4.30. The molecule has 0 saturated carbocycles. The summed E-state index contributed by atoms with van der Waals surface area (Å²) in [5, 5.41) is 11.1. The number of aliphatic carboxylic acids is 1. The highest BCUT2D eigenvalue weighted by Gasteiger charge is 2.18. The fraction of sp³-hybridized carbons (Fsp3) is 0.778. The number of nitrogens with one attached hydrogen (secondary N) is 1. The molecule has 0 bridgehead atoms. The van der Waals surface area contributed by atoms with Crippen molar-refractivity contribution in [3.8, 4) is 0 Å². The van der Waals surface area contributed by atoms with E-state index in [0.29, 0.717) is 13.0 Å². The molecule has 0 saturated heterocycles. The van der Waals surface area contributed by atoms with E-state index in [-0.39, 0.29) is 6.03 Å². The third-order valence-corrected chi connectivity index (χ3v) is 1.91. The molecule has 0 aliphatic heterocycles. The van der Waals surface area contributed by atoms with Crippen LogP contribution in [0.5, 0.6) is 0 Å². The molecule has 1 atom stereocenters. The number of amides is 2. The lowest BCUT2D eigenvalue weighted by Crippen LogP contribution is -2.46. The Hall–Kier alpha value is -1.26. The first-order chi connectivity index (χ1) is 6.52. The van der Waals surface area contributed by atoms with Crippen LogP contribution in [0.2, 0.25) is 0 Å². The Balaban J connectivity index is 4.08. The Morgan fingerprint density at radius 3 is 2.36 bits per heavy atom. The van der Waals surface area contributed by atoms with Crippen molar-refractivity contribution in [1.29, 1.82) is 0 Å². The molecule has 1 unspecified atom stereocenters. The van der Waals surface area contributed by atoms with Gasteiger partial charge in [-0.05, 0) is 12.8 Å². The summed E-state index contributed by atoms with van der Waals surface area (Å²) in [5.41, 5.74) is 0. The molecule has 5 nitrogen and oxygen atoms in total. The number of urea groups is 1. The van der Waals surface area contributed by atoms with Gasteiger partial charge in [-0.3, -0.25) is 0 Å². The Labute approximate surface area is 84.1 Å². The van der Waals surface area contributed by atoms with Crippen LogP contribution in [0.4, 0.5) is 4.79 Å². The van der Waals surface area contributed by atoms with Crippen molar-refractivity contribution >= 4 is 12.0 Å². The minimum Gasteiger partial charge on any atom is -0.480 e. The number of carboxylic acids is 1. The minimum absolute atomic E-state index is 0.332. The van der Waals surface area contributed by atoms with Crippen molar-refractivity contribution in [1.82, 2.24) is 10.2 Å². The molecule has 0 aliphatic rings. The largest absolute Gasteiger partial charge is 0.480 e. The zero-order valence-electron chi connectivity index (χ0n) is 8.91. The van der Waals surface area contributed by atoms with Crippen molar-refractivity contribution < 1.29 is 14.7 Å². The lowest BCUT2D eigenvalue weighted by Gasteiger charge is -2.19. The van der Waals surface area contributed by atoms with E-state index in [4.69, 9.17) is 5.11 Å². The number of rotatable bonds is 5. The van der Waals surface area contributed by atoms with Crippen molar-refractivity contribution in [3.63, 3.8) is 0 Å². The highest BCUT2D eigenvalue weighted by atomic mass is 16.4. The average Bonchev–Trinajstić information content (AvgIpc) is 2.13. The van der Waals surface area contributed by atoms with Crippen LogP contribution in [0.3, 0.4) is 0 Å². The van der Waals surface area contributed by atoms with Gasteiger partial charge in [0.25, 0.3) is 0 Å². The molecule has 0 heterocycles. The summed E-state index contributed by atoms with van der Waals surface area (Å²) < 4.78 is 0. The van der Waals surface area contributed by atoms with Crippen molar-refractivity contribution in [2.24, 2.45) is 0 Å². The molecule has 2 amide bonds. The molecular formula is C9H18N2O3. The summed E-state index contributed by atoms with van der Waals surface area (Å²) in [5.74, 6) is -0.995. The number of carbonyl (C=O) groups excluding carboxylic acids is 1. The van der Waals surface area contributed by atoms with Gasteiger partial charge in [0.05, 0.1) is 0 Å². The molecule has 14 heavy (non-hydrogen) atoms. The van der Waals surface area contributed by atoms with Crippen LogP contribution in [0.15, 0.2) is 0 Å². The second-order valence-electron chi connectivity index (χ2n) is 3.17. The number of nitrogens with zero attached hydrogens (tertiary/aromatic N) is 1. The second-order valence-corrected chi connectivity index (χ2v) is 3.17. The fourth-order valence-electron chi connectivity index (χ4n) is 1.03. The molecule has 0 spiro atoms. The number of hydrogen-bond donors (Lipinski definition) is 2. The Morgan fingerprint density at radius 1 is 1.43 bits per heavy atom. The van der Waals surface area contributed by atoms with Crippen LogP contribution in [0.25, 0.3) is 0 Å². The van der Waals surface area contributed by atoms with Crippen LogP contribution >= 0.6 is 0 Å². The van der Waals surface area contributed by atoms with Crippen LogP contribution in [0, 0.1) is 0 Å². The van der Waals surface area contributed by atoms with Crippen molar-refractivity contribution in [2.75, 3.05) is 13.6 Å². The Morgan fingerprint density at radius 2 is 2.00 bits per heavy atom. The van der Waals surface area contributed by atoms with E-state index in [2.05, 4.69) is 5.32 Å². The summed E-state index contributed by atoms with van der Waals surface area (Å²) in [6.07, 6.45) is 1.24. The van der Waals surface area contributed by atoms with E-state index in [1.807, 2.05) is 6.92 Å². The Bertz CT molecular complexity index is 206. The van der Waals surface area contributed by atoms with Crippen molar-refractivity contribution in [2.45, 2.75) is 32.7 Å². The van der Waals surface area contributed by atoms with Gasteiger partial charge in [0.2, 0.25) is 0 Å². The Kier molecular flexibility index (Phi) is 5.67. The maximum absolute atomic E-state index is 11.4. The molecule has 0 aromatic heterocycles.